The van der Waals surface area contributed by atoms with E-state index in [1.54, 1.807) is 0 Å². The molecule has 0 fully saturated rings. The first-order chi connectivity index (χ1) is 14.0. The average Bonchev–Trinajstić information content (AvgIpc) is 3.17. The van der Waals surface area contributed by atoms with Gasteiger partial charge < -0.3 is 0 Å². The standard InChI is InChI=1S/C24H19F3N2/c25-24(26,27)21-13-11-18(12-14-21)15-16-29-23(20-9-5-2-6-10-20)17-22(28-29)19-7-3-1-4-8-19/h1-14,17H,15-16H2. The molecule has 5 heteroatoms. The minimum Gasteiger partial charge on any atom is -0.264 e. The molecule has 4 aromatic rings. The lowest BCUT2D eigenvalue weighted by atomic mass is 10.1. The summed E-state index contributed by atoms with van der Waals surface area (Å²) < 4.78 is 40.2. The first-order valence-corrected chi connectivity index (χ1v) is 9.35. The van der Waals surface area contributed by atoms with Crippen molar-refractivity contribution in [3.63, 3.8) is 0 Å². The van der Waals surface area contributed by atoms with Gasteiger partial charge in [0.05, 0.1) is 17.0 Å². The van der Waals surface area contributed by atoms with Crippen molar-refractivity contribution in [3.05, 3.63) is 102 Å². The quantitative estimate of drug-likeness (QED) is 0.380. The van der Waals surface area contributed by atoms with Gasteiger partial charge in [-0.1, -0.05) is 72.8 Å². The molecule has 0 spiro atoms. The number of nitrogens with zero attached hydrogens (tertiary/aromatic N) is 2. The van der Waals surface area contributed by atoms with Gasteiger partial charge in [0, 0.05) is 12.1 Å². The van der Waals surface area contributed by atoms with E-state index < -0.39 is 11.7 Å². The summed E-state index contributed by atoms with van der Waals surface area (Å²) in [6.45, 7) is 0.572. The minimum atomic E-state index is -4.31. The lowest BCUT2D eigenvalue weighted by Gasteiger charge is -2.09. The molecule has 0 radical (unpaired) electrons. The fraction of sp³-hybridized carbons (Fsp3) is 0.125. The van der Waals surface area contributed by atoms with E-state index in [0.717, 1.165) is 40.2 Å². The van der Waals surface area contributed by atoms with Gasteiger partial charge in [-0.15, -0.1) is 0 Å². The summed E-state index contributed by atoms with van der Waals surface area (Å²) in [5.74, 6) is 0. The second-order valence-electron chi connectivity index (χ2n) is 6.81. The van der Waals surface area contributed by atoms with Gasteiger partial charge in [0.2, 0.25) is 0 Å². The van der Waals surface area contributed by atoms with Crippen LogP contribution in [0, 0.1) is 0 Å². The van der Waals surface area contributed by atoms with Crippen molar-refractivity contribution in [2.24, 2.45) is 0 Å². The highest BCUT2D eigenvalue weighted by Crippen LogP contribution is 2.30. The van der Waals surface area contributed by atoms with Crippen molar-refractivity contribution >= 4 is 0 Å². The Morgan fingerprint density at radius 2 is 1.31 bits per heavy atom. The Kier molecular flexibility index (Phi) is 5.21. The molecule has 29 heavy (non-hydrogen) atoms. The molecule has 0 atom stereocenters. The van der Waals surface area contributed by atoms with Crippen molar-refractivity contribution in [2.45, 2.75) is 19.1 Å². The number of aryl methyl sites for hydroxylation is 2. The monoisotopic (exact) mass is 392 g/mol. The third kappa shape index (κ3) is 4.40. The molecule has 0 aliphatic carbocycles. The Morgan fingerprint density at radius 3 is 1.90 bits per heavy atom. The highest BCUT2D eigenvalue weighted by molar-refractivity contribution is 5.68. The van der Waals surface area contributed by atoms with E-state index in [0.29, 0.717) is 13.0 Å². The SMILES string of the molecule is FC(F)(F)c1ccc(CCn2nc(-c3ccccc3)cc2-c2ccccc2)cc1. The molecule has 2 nitrogen and oxygen atoms in total. The van der Waals surface area contributed by atoms with E-state index in [1.807, 2.05) is 65.3 Å². The van der Waals surface area contributed by atoms with E-state index >= 15 is 0 Å². The van der Waals surface area contributed by atoms with Crippen LogP contribution in [0.1, 0.15) is 11.1 Å². The Bertz CT molecular complexity index is 1070. The maximum atomic E-state index is 12.8. The average molecular weight is 392 g/mol. The topological polar surface area (TPSA) is 17.8 Å². The van der Waals surface area contributed by atoms with Gasteiger partial charge >= 0.3 is 6.18 Å². The summed E-state index contributed by atoms with van der Waals surface area (Å²) in [5, 5.41) is 4.77. The number of alkyl halides is 3. The maximum absolute atomic E-state index is 12.8. The van der Waals surface area contributed by atoms with Crippen molar-refractivity contribution in [1.29, 1.82) is 0 Å². The largest absolute Gasteiger partial charge is 0.416 e. The molecule has 0 aliphatic heterocycles. The van der Waals surface area contributed by atoms with Crippen molar-refractivity contribution in [1.82, 2.24) is 9.78 Å². The van der Waals surface area contributed by atoms with Crippen LogP contribution in [0.25, 0.3) is 22.5 Å². The van der Waals surface area contributed by atoms with E-state index in [4.69, 9.17) is 5.10 Å². The summed E-state index contributed by atoms with van der Waals surface area (Å²) in [6, 6.07) is 27.3. The molecule has 0 saturated heterocycles. The number of hydrogen-bond donors (Lipinski definition) is 0. The van der Waals surface area contributed by atoms with Crippen molar-refractivity contribution < 1.29 is 13.2 Å². The van der Waals surface area contributed by atoms with Crippen molar-refractivity contribution in [2.75, 3.05) is 0 Å². The molecule has 4 rings (SSSR count). The smallest absolute Gasteiger partial charge is 0.264 e. The second-order valence-corrected chi connectivity index (χ2v) is 6.81. The van der Waals surface area contributed by atoms with Crippen LogP contribution >= 0.6 is 0 Å². The van der Waals surface area contributed by atoms with Crippen LogP contribution in [0.5, 0.6) is 0 Å². The zero-order chi connectivity index (χ0) is 20.3. The molecule has 0 amide bonds. The molecule has 0 bridgehead atoms. The van der Waals surface area contributed by atoms with Crippen LogP contribution in [0.4, 0.5) is 13.2 Å². The highest BCUT2D eigenvalue weighted by Gasteiger charge is 2.29. The van der Waals surface area contributed by atoms with E-state index in [2.05, 4.69) is 6.07 Å². The van der Waals surface area contributed by atoms with Gasteiger partial charge in [-0.3, -0.25) is 4.68 Å². The zero-order valence-corrected chi connectivity index (χ0v) is 15.6. The number of hydrogen-bond acceptors (Lipinski definition) is 1. The zero-order valence-electron chi connectivity index (χ0n) is 15.6. The van der Waals surface area contributed by atoms with Gasteiger partial charge in [-0.2, -0.15) is 18.3 Å². The molecule has 146 valence electrons. The summed E-state index contributed by atoms with van der Waals surface area (Å²) in [6.07, 6.45) is -3.72. The first kappa shape index (κ1) is 19.0. The van der Waals surface area contributed by atoms with Crippen LogP contribution in [-0.4, -0.2) is 9.78 Å². The molecule has 0 unspecified atom stereocenters. The summed E-state index contributed by atoms with van der Waals surface area (Å²) in [4.78, 5) is 0. The van der Waals surface area contributed by atoms with Gasteiger partial charge in [0.25, 0.3) is 0 Å². The molecule has 3 aromatic carbocycles. The van der Waals surface area contributed by atoms with Crippen LogP contribution in [0.3, 0.4) is 0 Å². The normalized spacial score (nSPS) is 11.6. The number of aromatic nitrogens is 2. The number of benzene rings is 3. The van der Waals surface area contributed by atoms with Crippen LogP contribution in [0.15, 0.2) is 91.0 Å². The Morgan fingerprint density at radius 1 is 0.724 bits per heavy atom. The van der Waals surface area contributed by atoms with Gasteiger partial charge in [0.15, 0.2) is 0 Å². The molecular weight excluding hydrogens is 373 g/mol. The van der Waals surface area contributed by atoms with Crippen LogP contribution < -0.4 is 0 Å². The van der Waals surface area contributed by atoms with E-state index in [-0.39, 0.29) is 0 Å². The van der Waals surface area contributed by atoms with Gasteiger partial charge in [0.1, 0.15) is 0 Å². The Hall–Kier alpha value is -3.34. The lowest BCUT2D eigenvalue weighted by Crippen LogP contribution is -2.07. The van der Waals surface area contributed by atoms with E-state index in [9.17, 15) is 13.2 Å². The third-order valence-corrected chi connectivity index (χ3v) is 4.81. The molecule has 0 saturated carbocycles. The third-order valence-electron chi connectivity index (χ3n) is 4.81. The Labute approximate surface area is 167 Å². The van der Waals surface area contributed by atoms with E-state index in [1.165, 1.54) is 12.1 Å². The first-order valence-electron chi connectivity index (χ1n) is 9.35. The Balaban J connectivity index is 1.61. The molecule has 1 aromatic heterocycles. The number of rotatable bonds is 5. The molecule has 1 heterocycles. The van der Waals surface area contributed by atoms with Gasteiger partial charge in [-0.25, -0.2) is 0 Å². The van der Waals surface area contributed by atoms with Gasteiger partial charge in [-0.05, 0) is 35.7 Å². The molecular formula is C24H19F3N2. The lowest BCUT2D eigenvalue weighted by molar-refractivity contribution is -0.137. The fourth-order valence-electron chi connectivity index (χ4n) is 3.27. The maximum Gasteiger partial charge on any atom is 0.416 e. The predicted molar refractivity (Wildman–Crippen MR) is 108 cm³/mol. The predicted octanol–water partition coefficient (Wildman–Crippen LogP) is 6.48. The second kappa shape index (κ2) is 7.95. The summed E-state index contributed by atoms with van der Waals surface area (Å²) in [5.41, 5.74) is 4.14. The summed E-state index contributed by atoms with van der Waals surface area (Å²) in [7, 11) is 0. The molecule has 0 aliphatic rings. The minimum absolute atomic E-state index is 0.572. The van der Waals surface area contributed by atoms with Crippen molar-refractivity contribution in [3.8, 4) is 22.5 Å². The van der Waals surface area contributed by atoms with Crippen LogP contribution in [-0.2, 0) is 19.1 Å². The summed E-state index contributed by atoms with van der Waals surface area (Å²) >= 11 is 0. The number of halogens is 3. The highest BCUT2D eigenvalue weighted by atomic mass is 19.4. The van der Waals surface area contributed by atoms with Crippen LogP contribution in [0.2, 0.25) is 0 Å². The molecule has 0 N–H and O–H groups in total. The fourth-order valence-corrected chi connectivity index (χ4v) is 3.27.